The minimum Gasteiger partial charge on any atom is -0.375 e. The lowest BCUT2D eigenvalue weighted by molar-refractivity contribution is -0.113. The van der Waals surface area contributed by atoms with Crippen molar-refractivity contribution in [1.29, 1.82) is 0 Å². The van der Waals surface area contributed by atoms with E-state index in [9.17, 15) is 4.79 Å². The maximum atomic E-state index is 11.9. The highest BCUT2D eigenvalue weighted by Gasteiger charge is 2.19. The van der Waals surface area contributed by atoms with Gasteiger partial charge in [-0.1, -0.05) is 24.2 Å². The molecule has 0 radical (unpaired) electrons. The molecule has 1 fully saturated rings. The van der Waals surface area contributed by atoms with Crippen molar-refractivity contribution in [3.8, 4) is 0 Å². The van der Waals surface area contributed by atoms with E-state index >= 15 is 0 Å². The molecule has 1 aromatic heterocycles. The Labute approximate surface area is 121 Å². The van der Waals surface area contributed by atoms with E-state index in [2.05, 4.69) is 10.3 Å². The molecular formula is C13H18N2O2S2. The van der Waals surface area contributed by atoms with Crippen LogP contribution in [-0.4, -0.2) is 28.5 Å². The number of hydrogen-bond donors (Lipinski definition) is 1. The summed E-state index contributed by atoms with van der Waals surface area (Å²) in [4.78, 5) is 17.5. The van der Waals surface area contributed by atoms with Gasteiger partial charge in [-0.2, -0.15) is 0 Å². The predicted octanol–water partition coefficient (Wildman–Crippen LogP) is 2.83. The molecule has 1 aliphatic heterocycles. The van der Waals surface area contributed by atoms with Crippen LogP contribution in [0.4, 0.5) is 5.13 Å². The van der Waals surface area contributed by atoms with Gasteiger partial charge >= 0.3 is 0 Å². The van der Waals surface area contributed by atoms with Crippen molar-refractivity contribution >= 4 is 34.1 Å². The molecule has 1 saturated carbocycles. The summed E-state index contributed by atoms with van der Waals surface area (Å²) in [6, 6.07) is 0. The van der Waals surface area contributed by atoms with Crippen molar-refractivity contribution in [3.63, 3.8) is 0 Å². The second kappa shape index (κ2) is 6.24. The number of carbonyl (C=O) groups excluding carboxylic acids is 1. The van der Waals surface area contributed by atoms with E-state index in [1.165, 1.54) is 25.7 Å². The number of rotatable bonds is 4. The topological polar surface area (TPSA) is 51.2 Å². The molecule has 4 nitrogen and oxygen atoms in total. The van der Waals surface area contributed by atoms with Crippen LogP contribution in [0.1, 0.15) is 36.3 Å². The lowest BCUT2D eigenvalue weighted by atomic mass is 10.2. The summed E-state index contributed by atoms with van der Waals surface area (Å²) in [6.45, 7) is 1.38. The molecule has 1 aromatic rings. The van der Waals surface area contributed by atoms with E-state index in [0.717, 1.165) is 28.7 Å². The Kier molecular flexibility index (Phi) is 4.40. The standard InChI is InChI=1S/C13H18N2O2S2/c16-12(8-18-9-3-1-2-4-9)15-13-14-10-5-6-17-7-11(10)19-13/h9H,1-8H2,(H,14,15,16). The molecule has 0 aromatic carbocycles. The Bertz CT molecular complexity index is 432. The van der Waals surface area contributed by atoms with Crippen molar-refractivity contribution in [2.45, 2.75) is 44.0 Å². The number of aromatic nitrogens is 1. The number of fused-ring (bicyclic) bond motifs is 1. The number of amides is 1. The molecule has 1 N–H and O–H groups in total. The minimum atomic E-state index is 0.0731. The lowest BCUT2D eigenvalue weighted by Crippen LogP contribution is -2.15. The van der Waals surface area contributed by atoms with Crippen LogP contribution in [0.3, 0.4) is 0 Å². The average Bonchev–Trinajstić information content (AvgIpc) is 3.04. The highest BCUT2D eigenvalue weighted by molar-refractivity contribution is 8.00. The molecule has 0 unspecified atom stereocenters. The van der Waals surface area contributed by atoms with Crippen LogP contribution in [0.15, 0.2) is 0 Å². The third-order valence-electron chi connectivity index (χ3n) is 3.49. The van der Waals surface area contributed by atoms with Gasteiger partial charge in [-0.25, -0.2) is 4.98 Å². The van der Waals surface area contributed by atoms with Gasteiger partial charge in [-0.05, 0) is 12.8 Å². The van der Waals surface area contributed by atoms with Crippen LogP contribution in [0.2, 0.25) is 0 Å². The summed E-state index contributed by atoms with van der Waals surface area (Å²) in [6.07, 6.45) is 6.02. The third kappa shape index (κ3) is 3.49. The van der Waals surface area contributed by atoms with Gasteiger partial charge < -0.3 is 10.1 Å². The summed E-state index contributed by atoms with van der Waals surface area (Å²) in [5, 5.41) is 4.33. The lowest BCUT2D eigenvalue weighted by Gasteiger charge is -2.08. The highest BCUT2D eigenvalue weighted by atomic mass is 32.2. The largest absolute Gasteiger partial charge is 0.375 e. The van der Waals surface area contributed by atoms with Gasteiger partial charge in [0, 0.05) is 11.7 Å². The molecule has 0 saturated heterocycles. The molecule has 104 valence electrons. The first kappa shape index (κ1) is 13.4. The van der Waals surface area contributed by atoms with E-state index in [0.29, 0.717) is 17.6 Å². The Hall–Kier alpha value is -0.590. The van der Waals surface area contributed by atoms with Gasteiger partial charge in [0.2, 0.25) is 5.91 Å². The van der Waals surface area contributed by atoms with Gasteiger partial charge in [-0.3, -0.25) is 4.79 Å². The van der Waals surface area contributed by atoms with Crippen LogP contribution in [0.25, 0.3) is 0 Å². The fourth-order valence-electron chi connectivity index (χ4n) is 2.48. The minimum absolute atomic E-state index is 0.0731. The van der Waals surface area contributed by atoms with Crippen molar-refractivity contribution < 1.29 is 9.53 Å². The number of ether oxygens (including phenoxy) is 1. The van der Waals surface area contributed by atoms with Crippen molar-refractivity contribution in [2.24, 2.45) is 0 Å². The van der Waals surface area contributed by atoms with Crippen LogP contribution >= 0.6 is 23.1 Å². The molecule has 6 heteroatoms. The van der Waals surface area contributed by atoms with Gasteiger partial charge in [0.25, 0.3) is 0 Å². The summed E-state index contributed by atoms with van der Waals surface area (Å²) in [5.74, 6) is 0.620. The monoisotopic (exact) mass is 298 g/mol. The maximum absolute atomic E-state index is 11.9. The number of carbonyl (C=O) groups is 1. The quantitative estimate of drug-likeness (QED) is 0.928. The molecule has 0 atom stereocenters. The zero-order valence-corrected chi connectivity index (χ0v) is 12.4. The first-order valence-corrected chi connectivity index (χ1v) is 8.65. The second-order valence-corrected chi connectivity index (χ2v) is 7.33. The number of nitrogens with one attached hydrogen (secondary N) is 1. The maximum Gasteiger partial charge on any atom is 0.236 e. The summed E-state index contributed by atoms with van der Waals surface area (Å²) in [7, 11) is 0. The third-order valence-corrected chi connectivity index (χ3v) is 5.85. The van der Waals surface area contributed by atoms with Gasteiger partial charge in [0.05, 0.1) is 29.5 Å². The zero-order valence-electron chi connectivity index (χ0n) is 10.8. The number of nitrogens with zero attached hydrogens (tertiary/aromatic N) is 1. The smallest absolute Gasteiger partial charge is 0.236 e. The van der Waals surface area contributed by atoms with E-state index in [1.807, 2.05) is 0 Å². The number of anilines is 1. The molecule has 3 rings (SSSR count). The van der Waals surface area contributed by atoms with Crippen molar-refractivity contribution in [1.82, 2.24) is 4.98 Å². The van der Waals surface area contributed by atoms with Gasteiger partial charge in [-0.15, -0.1) is 11.8 Å². The van der Waals surface area contributed by atoms with Crippen molar-refractivity contribution in [2.75, 3.05) is 17.7 Å². The van der Waals surface area contributed by atoms with E-state index in [4.69, 9.17) is 4.74 Å². The number of thiazole rings is 1. The van der Waals surface area contributed by atoms with Crippen LogP contribution in [0.5, 0.6) is 0 Å². The molecule has 1 amide bonds. The molecular weight excluding hydrogens is 280 g/mol. The van der Waals surface area contributed by atoms with Crippen LogP contribution in [-0.2, 0) is 22.6 Å². The second-order valence-electron chi connectivity index (χ2n) is 4.96. The van der Waals surface area contributed by atoms with E-state index in [-0.39, 0.29) is 5.91 Å². The Balaban J connectivity index is 1.49. The number of thioether (sulfide) groups is 1. The molecule has 0 bridgehead atoms. The Morgan fingerprint density at radius 1 is 1.47 bits per heavy atom. The molecule has 19 heavy (non-hydrogen) atoms. The first-order chi connectivity index (χ1) is 9.31. The summed E-state index contributed by atoms with van der Waals surface area (Å²) >= 11 is 3.33. The fourth-order valence-corrected chi connectivity index (χ4v) is 4.57. The van der Waals surface area contributed by atoms with Crippen LogP contribution < -0.4 is 5.32 Å². The van der Waals surface area contributed by atoms with E-state index in [1.54, 1.807) is 23.1 Å². The Morgan fingerprint density at radius 2 is 2.32 bits per heavy atom. The first-order valence-electron chi connectivity index (χ1n) is 6.79. The SMILES string of the molecule is O=C(CSC1CCCC1)Nc1nc2c(s1)COCC2. The molecule has 0 spiro atoms. The van der Waals surface area contributed by atoms with Gasteiger partial charge in [0.15, 0.2) is 5.13 Å². The molecule has 2 aliphatic rings. The Morgan fingerprint density at radius 3 is 3.11 bits per heavy atom. The average molecular weight is 298 g/mol. The zero-order chi connectivity index (χ0) is 13.1. The van der Waals surface area contributed by atoms with Crippen molar-refractivity contribution in [3.05, 3.63) is 10.6 Å². The summed E-state index contributed by atoms with van der Waals surface area (Å²) in [5.41, 5.74) is 1.09. The highest BCUT2D eigenvalue weighted by Crippen LogP contribution is 2.30. The van der Waals surface area contributed by atoms with E-state index < -0.39 is 0 Å². The number of hydrogen-bond acceptors (Lipinski definition) is 5. The molecule has 1 aliphatic carbocycles. The van der Waals surface area contributed by atoms with Crippen LogP contribution in [0, 0.1) is 0 Å². The van der Waals surface area contributed by atoms with Gasteiger partial charge in [0.1, 0.15) is 0 Å². The fraction of sp³-hybridized carbons (Fsp3) is 0.692. The summed E-state index contributed by atoms with van der Waals surface area (Å²) < 4.78 is 5.38. The normalized spacial score (nSPS) is 19.4. The molecule has 2 heterocycles. The predicted molar refractivity (Wildman–Crippen MR) is 78.8 cm³/mol.